The highest BCUT2D eigenvalue weighted by molar-refractivity contribution is 9.10. The Balaban J connectivity index is 2.31. The molecule has 1 saturated heterocycles. The van der Waals surface area contributed by atoms with Gasteiger partial charge in [-0.15, -0.1) is 0 Å². The monoisotopic (exact) mass is 330 g/mol. The Bertz CT molecular complexity index is 507. The maximum Gasteiger partial charge on any atom is 0.256 e. The van der Waals surface area contributed by atoms with E-state index in [9.17, 15) is 9.59 Å². The number of halogens is 2. The van der Waals surface area contributed by atoms with Crippen molar-refractivity contribution in [2.45, 2.75) is 18.9 Å². The zero-order valence-electron chi connectivity index (χ0n) is 9.53. The summed E-state index contributed by atoms with van der Waals surface area (Å²) in [4.78, 5) is 25.1. The highest BCUT2D eigenvalue weighted by Crippen LogP contribution is 2.26. The lowest BCUT2D eigenvalue weighted by atomic mass is 10.1. The van der Waals surface area contributed by atoms with Gasteiger partial charge in [0, 0.05) is 11.0 Å². The van der Waals surface area contributed by atoms with Gasteiger partial charge in [-0.2, -0.15) is 0 Å². The van der Waals surface area contributed by atoms with Gasteiger partial charge in [-0.05, 0) is 31.0 Å². The molecule has 6 heteroatoms. The number of carbonyl (C=O) groups excluding carboxylic acids is 2. The molecule has 1 atom stereocenters. The minimum absolute atomic E-state index is 0.248. The molecule has 4 nitrogen and oxygen atoms in total. The first kappa shape index (κ1) is 13.4. The SMILES string of the molecule is NC(=O)C1CCCN1C(=O)c1cc(Br)ccc1Cl. The van der Waals surface area contributed by atoms with E-state index in [0.29, 0.717) is 23.6 Å². The van der Waals surface area contributed by atoms with Crippen LogP contribution in [0.5, 0.6) is 0 Å². The van der Waals surface area contributed by atoms with Crippen molar-refractivity contribution in [1.82, 2.24) is 4.90 Å². The zero-order chi connectivity index (χ0) is 13.3. The van der Waals surface area contributed by atoms with Crippen LogP contribution >= 0.6 is 27.5 Å². The van der Waals surface area contributed by atoms with Crippen LogP contribution in [0.25, 0.3) is 0 Å². The summed E-state index contributed by atoms with van der Waals surface area (Å²) < 4.78 is 0.769. The normalized spacial score (nSPS) is 19.0. The average molecular weight is 332 g/mol. The highest BCUT2D eigenvalue weighted by Gasteiger charge is 2.33. The second kappa shape index (κ2) is 5.28. The van der Waals surface area contributed by atoms with Crippen LogP contribution in [0.15, 0.2) is 22.7 Å². The maximum absolute atomic E-state index is 12.3. The first-order valence-electron chi connectivity index (χ1n) is 5.56. The quantitative estimate of drug-likeness (QED) is 0.903. The lowest BCUT2D eigenvalue weighted by Gasteiger charge is -2.22. The second-order valence-electron chi connectivity index (χ2n) is 4.18. The molecule has 1 unspecified atom stereocenters. The molecular weight excluding hydrogens is 320 g/mol. The number of carbonyl (C=O) groups is 2. The standard InChI is InChI=1S/C12H12BrClN2O2/c13-7-3-4-9(14)8(6-7)12(18)16-5-1-2-10(16)11(15)17/h3-4,6,10H,1-2,5H2,(H2,15,17). The molecule has 1 fully saturated rings. The molecule has 0 spiro atoms. The van der Waals surface area contributed by atoms with E-state index < -0.39 is 11.9 Å². The van der Waals surface area contributed by atoms with Crippen molar-refractivity contribution >= 4 is 39.3 Å². The number of amides is 2. The first-order valence-corrected chi connectivity index (χ1v) is 6.73. The van der Waals surface area contributed by atoms with Crippen molar-refractivity contribution in [1.29, 1.82) is 0 Å². The van der Waals surface area contributed by atoms with Crippen molar-refractivity contribution in [3.05, 3.63) is 33.3 Å². The van der Waals surface area contributed by atoms with Gasteiger partial charge in [-0.3, -0.25) is 9.59 Å². The van der Waals surface area contributed by atoms with Gasteiger partial charge in [0.2, 0.25) is 5.91 Å². The fourth-order valence-corrected chi connectivity index (χ4v) is 2.68. The second-order valence-corrected chi connectivity index (χ2v) is 5.51. The molecular formula is C12H12BrClN2O2. The van der Waals surface area contributed by atoms with Crippen molar-refractivity contribution in [2.75, 3.05) is 6.54 Å². The van der Waals surface area contributed by atoms with Crippen LogP contribution in [-0.4, -0.2) is 29.3 Å². The van der Waals surface area contributed by atoms with E-state index in [1.807, 2.05) is 0 Å². The van der Waals surface area contributed by atoms with Gasteiger partial charge in [-0.1, -0.05) is 27.5 Å². The molecule has 0 radical (unpaired) electrons. The van der Waals surface area contributed by atoms with E-state index in [-0.39, 0.29) is 5.91 Å². The smallest absolute Gasteiger partial charge is 0.256 e. The van der Waals surface area contributed by atoms with Gasteiger partial charge in [0.15, 0.2) is 0 Å². The van der Waals surface area contributed by atoms with Gasteiger partial charge in [0.05, 0.1) is 10.6 Å². The zero-order valence-corrected chi connectivity index (χ0v) is 11.9. The van der Waals surface area contributed by atoms with Crippen LogP contribution in [0, 0.1) is 0 Å². The average Bonchev–Trinajstić information content (AvgIpc) is 2.80. The van der Waals surface area contributed by atoms with Gasteiger partial charge < -0.3 is 10.6 Å². The lowest BCUT2D eigenvalue weighted by Crippen LogP contribution is -2.43. The topological polar surface area (TPSA) is 63.4 Å². The molecule has 1 heterocycles. The van der Waals surface area contributed by atoms with Crippen molar-refractivity contribution in [2.24, 2.45) is 5.73 Å². The molecule has 1 aliphatic rings. The Labute approximate surface area is 118 Å². The van der Waals surface area contributed by atoms with Gasteiger partial charge in [-0.25, -0.2) is 0 Å². The largest absolute Gasteiger partial charge is 0.368 e. The predicted octanol–water partition coefficient (Wildman–Crippen LogP) is 2.19. The van der Waals surface area contributed by atoms with Crippen LogP contribution in [0.1, 0.15) is 23.2 Å². The third-order valence-corrected chi connectivity index (χ3v) is 3.82. The molecule has 2 rings (SSSR count). The number of hydrogen-bond donors (Lipinski definition) is 1. The van der Waals surface area contributed by atoms with Crippen LogP contribution in [0.3, 0.4) is 0 Å². The number of nitrogens with zero attached hydrogens (tertiary/aromatic N) is 1. The molecule has 0 aromatic heterocycles. The van der Waals surface area contributed by atoms with Crippen molar-refractivity contribution < 1.29 is 9.59 Å². The summed E-state index contributed by atoms with van der Waals surface area (Å²) >= 11 is 9.31. The number of benzene rings is 1. The number of likely N-dealkylation sites (tertiary alicyclic amines) is 1. The molecule has 1 aliphatic heterocycles. The third kappa shape index (κ3) is 2.52. The molecule has 0 saturated carbocycles. The molecule has 1 aromatic rings. The van der Waals surface area contributed by atoms with Crippen molar-refractivity contribution in [3.63, 3.8) is 0 Å². The fourth-order valence-electron chi connectivity index (χ4n) is 2.12. The van der Waals surface area contributed by atoms with Crippen LogP contribution in [0.4, 0.5) is 0 Å². The Morgan fingerprint density at radius 1 is 1.44 bits per heavy atom. The van der Waals surface area contributed by atoms with E-state index in [4.69, 9.17) is 17.3 Å². The molecule has 18 heavy (non-hydrogen) atoms. The Morgan fingerprint density at radius 2 is 2.17 bits per heavy atom. The van der Waals surface area contributed by atoms with E-state index in [0.717, 1.165) is 10.9 Å². The lowest BCUT2D eigenvalue weighted by molar-refractivity contribution is -0.121. The Kier molecular flexibility index (Phi) is 3.92. The number of hydrogen-bond acceptors (Lipinski definition) is 2. The van der Waals surface area contributed by atoms with E-state index >= 15 is 0 Å². The van der Waals surface area contributed by atoms with E-state index in [2.05, 4.69) is 15.9 Å². The number of rotatable bonds is 2. The number of nitrogens with two attached hydrogens (primary N) is 1. The summed E-state index contributed by atoms with van der Waals surface area (Å²) in [6.45, 7) is 0.537. The molecule has 0 bridgehead atoms. The minimum Gasteiger partial charge on any atom is -0.368 e. The number of primary amides is 1. The molecule has 1 aromatic carbocycles. The summed E-state index contributed by atoms with van der Waals surface area (Å²) in [6, 6.07) is 4.54. The summed E-state index contributed by atoms with van der Waals surface area (Å²) in [5.74, 6) is -0.713. The Morgan fingerprint density at radius 3 is 2.83 bits per heavy atom. The summed E-state index contributed by atoms with van der Waals surface area (Å²) in [6.07, 6.45) is 1.40. The summed E-state index contributed by atoms with van der Waals surface area (Å²) in [7, 11) is 0. The van der Waals surface area contributed by atoms with E-state index in [1.54, 1.807) is 18.2 Å². The van der Waals surface area contributed by atoms with Crippen LogP contribution in [-0.2, 0) is 4.79 Å². The van der Waals surface area contributed by atoms with Gasteiger partial charge in [0.25, 0.3) is 5.91 Å². The molecule has 0 aliphatic carbocycles. The van der Waals surface area contributed by atoms with Crippen molar-refractivity contribution in [3.8, 4) is 0 Å². The van der Waals surface area contributed by atoms with Crippen LogP contribution in [0.2, 0.25) is 5.02 Å². The van der Waals surface area contributed by atoms with E-state index in [1.165, 1.54) is 4.90 Å². The summed E-state index contributed by atoms with van der Waals surface area (Å²) in [5.41, 5.74) is 5.69. The minimum atomic E-state index is -0.521. The highest BCUT2D eigenvalue weighted by atomic mass is 79.9. The molecule has 2 amide bonds. The van der Waals surface area contributed by atoms with Gasteiger partial charge >= 0.3 is 0 Å². The molecule has 96 valence electrons. The summed E-state index contributed by atoms with van der Waals surface area (Å²) in [5, 5.41) is 0.373. The van der Waals surface area contributed by atoms with Crippen LogP contribution < -0.4 is 5.73 Å². The Hall–Kier alpha value is -1.07. The molecule has 2 N–H and O–H groups in total. The maximum atomic E-state index is 12.3. The predicted molar refractivity (Wildman–Crippen MR) is 72.4 cm³/mol. The third-order valence-electron chi connectivity index (χ3n) is 3.00. The first-order chi connectivity index (χ1) is 8.50. The van der Waals surface area contributed by atoms with Gasteiger partial charge in [0.1, 0.15) is 6.04 Å². The fraction of sp³-hybridized carbons (Fsp3) is 0.333.